The van der Waals surface area contributed by atoms with Gasteiger partial charge in [0, 0.05) is 24.7 Å². The zero-order valence-corrected chi connectivity index (χ0v) is 16.5. The molecule has 1 aromatic heterocycles. The fourth-order valence-electron chi connectivity index (χ4n) is 2.66. The Hall–Kier alpha value is -2.54. The van der Waals surface area contributed by atoms with Crippen molar-refractivity contribution in [1.82, 2.24) is 20.2 Å². The standard InChI is InChI=1S/C19H18Cl2N4O2/c1-22-24(2)19(26)16-18(27-3)17(12-8-10-13(20)11-9-12)25(23-16)15-7-5-4-6-14(15)21/h4-11,22H,1-3H3. The molecule has 140 valence electrons. The maximum Gasteiger partial charge on any atom is 0.292 e. The van der Waals surface area contributed by atoms with Crippen LogP contribution < -0.4 is 10.2 Å². The van der Waals surface area contributed by atoms with Crippen LogP contribution in [0.15, 0.2) is 48.5 Å². The number of nitrogens with one attached hydrogen (secondary N) is 1. The third-order valence-corrected chi connectivity index (χ3v) is 4.66. The first-order valence-electron chi connectivity index (χ1n) is 8.11. The summed E-state index contributed by atoms with van der Waals surface area (Å²) in [6.07, 6.45) is 0. The highest BCUT2D eigenvalue weighted by Gasteiger charge is 2.28. The molecule has 3 aromatic rings. The van der Waals surface area contributed by atoms with Gasteiger partial charge in [-0.2, -0.15) is 5.10 Å². The molecule has 2 aromatic carbocycles. The largest absolute Gasteiger partial charge is 0.492 e. The molecule has 3 rings (SSSR count). The molecular weight excluding hydrogens is 387 g/mol. The number of ether oxygens (including phenoxy) is 1. The number of aromatic nitrogens is 2. The quantitative estimate of drug-likeness (QED) is 0.651. The highest BCUT2D eigenvalue weighted by Crippen LogP contribution is 2.37. The molecule has 0 fully saturated rings. The summed E-state index contributed by atoms with van der Waals surface area (Å²) in [7, 11) is 4.76. The van der Waals surface area contributed by atoms with Crippen molar-refractivity contribution in [2.75, 3.05) is 21.2 Å². The monoisotopic (exact) mass is 404 g/mol. The van der Waals surface area contributed by atoms with Gasteiger partial charge in [-0.1, -0.05) is 47.5 Å². The molecule has 0 aliphatic rings. The lowest BCUT2D eigenvalue weighted by Gasteiger charge is -2.14. The van der Waals surface area contributed by atoms with Gasteiger partial charge in [0.1, 0.15) is 5.69 Å². The Bertz CT molecular complexity index is 970. The van der Waals surface area contributed by atoms with Crippen LogP contribution in [0.2, 0.25) is 10.0 Å². The Morgan fingerprint density at radius 3 is 2.41 bits per heavy atom. The molecule has 0 saturated heterocycles. The number of halogens is 2. The van der Waals surface area contributed by atoms with Gasteiger partial charge in [0.25, 0.3) is 5.91 Å². The highest BCUT2D eigenvalue weighted by atomic mass is 35.5. The molecule has 1 amide bonds. The summed E-state index contributed by atoms with van der Waals surface area (Å²) in [5.74, 6) is 0.0136. The number of benzene rings is 2. The lowest BCUT2D eigenvalue weighted by atomic mass is 10.1. The zero-order chi connectivity index (χ0) is 19.6. The van der Waals surface area contributed by atoms with Crippen LogP contribution in [0.3, 0.4) is 0 Å². The van der Waals surface area contributed by atoms with E-state index in [0.717, 1.165) is 5.56 Å². The van der Waals surface area contributed by atoms with Gasteiger partial charge in [-0.15, -0.1) is 0 Å². The predicted octanol–water partition coefficient (Wildman–Crippen LogP) is 4.06. The molecule has 0 spiro atoms. The predicted molar refractivity (Wildman–Crippen MR) is 107 cm³/mol. The maximum absolute atomic E-state index is 12.8. The number of nitrogens with zero attached hydrogens (tertiary/aromatic N) is 3. The van der Waals surface area contributed by atoms with Gasteiger partial charge < -0.3 is 4.74 Å². The molecule has 1 N–H and O–H groups in total. The van der Waals surface area contributed by atoms with Crippen molar-refractivity contribution in [3.63, 3.8) is 0 Å². The van der Waals surface area contributed by atoms with Crippen LogP contribution in [0.25, 0.3) is 16.9 Å². The van der Waals surface area contributed by atoms with Crippen LogP contribution >= 0.6 is 23.2 Å². The normalized spacial score (nSPS) is 10.7. The Morgan fingerprint density at radius 1 is 1.15 bits per heavy atom. The first-order valence-corrected chi connectivity index (χ1v) is 8.86. The lowest BCUT2D eigenvalue weighted by molar-refractivity contribution is 0.0725. The van der Waals surface area contributed by atoms with E-state index in [1.807, 2.05) is 30.3 Å². The van der Waals surface area contributed by atoms with Crippen molar-refractivity contribution in [1.29, 1.82) is 0 Å². The number of methoxy groups -OCH3 is 1. The van der Waals surface area contributed by atoms with E-state index in [1.54, 1.807) is 37.0 Å². The minimum absolute atomic E-state index is 0.166. The Labute approximate surface area is 167 Å². The van der Waals surface area contributed by atoms with E-state index >= 15 is 0 Å². The molecule has 0 atom stereocenters. The third-order valence-electron chi connectivity index (χ3n) is 4.09. The second-order valence-corrected chi connectivity index (χ2v) is 6.53. The molecule has 0 aliphatic heterocycles. The van der Waals surface area contributed by atoms with Crippen molar-refractivity contribution >= 4 is 29.1 Å². The second kappa shape index (κ2) is 8.00. The van der Waals surface area contributed by atoms with E-state index in [1.165, 1.54) is 12.1 Å². The van der Waals surface area contributed by atoms with Crippen LogP contribution in [0, 0.1) is 0 Å². The maximum atomic E-state index is 12.8. The van der Waals surface area contributed by atoms with Crippen molar-refractivity contribution in [3.05, 3.63) is 64.3 Å². The van der Waals surface area contributed by atoms with Gasteiger partial charge in [0.05, 0.1) is 17.8 Å². The molecule has 0 bridgehead atoms. The van der Waals surface area contributed by atoms with E-state index in [9.17, 15) is 4.79 Å². The number of hydrogen-bond donors (Lipinski definition) is 1. The summed E-state index contributed by atoms with van der Waals surface area (Å²) in [6.45, 7) is 0. The summed E-state index contributed by atoms with van der Waals surface area (Å²) in [6, 6.07) is 14.5. The summed E-state index contributed by atoms with van der Waals surface area (Å²) >= 11 is 12.4. The number of carbonyl (C=O) groups is 1. The van der Waals surface area contributed by atoms with Gasteiger partial charge in [-0.3, -0.25) is 9.80 Å². The zero-order valence-electron chi connectivity index (χ0n) is 15.0. The minimum Gasteiger partial charge on any atom is -0.492 e. The Balaban J connectivity index is 2.31. The van der Waals surface area contributed by atoms with Gasteiger partial charge in [-0.05, 0) is 24.3 Å². The average molecular weight is 405 g/mol. The minimum atomic E-state index is -0.338. The number of carbonyl (C=O) groups excluding carboxylic acids is 1. The highest BCUT2D eigenvalue weighted by molar-refractivity contribution is 6.32. The molecule has 1 heterocycles. The van der Waals surface area contributed by atoms with Gasteiger partial charge in [-0.25, -0.2) is 10.1 Å². The van der Waals surface area contributed by atoms with Gasteiger partial charge in [0.15, 0.2) is 11.4 Å². The number of hydrogen-bond acceptors (Lipinski definition) is 4. The van der Waals surface area contributed by atoms with Crippen LogP contribution in [-0.2, 0) is 0 Å². The summed E-state index contributed by atoms with van der Waals surface area (Å²) in [5, 5.41) is 6.95. The molecule has 0 aliphatic carbocycles. The smallest absolute Gasteiger partial charge is 0.292 e. The van der Waals surface area contributed by atoms with Crippen molar-refractivity contribution < 1.29 is 9.53 Å². The topological polar surface area (TPSA) is 59.4 Å². The van der Waals surface area contributed by atoms with Gasteiger partial charge >= 0.3 is 0 Å². The molecule has 0 radical (unpaired) electrons. The first-order chi connectivity index (χ1) is 13.0. The second-order valence-electron chi connectivity index (χ2n) is 5.69. The fraction of sp³-hybridized carbons (Fsp3) is 0.158. The van der Waals surface area contributed by atoms with Crippen molar-refractivity contribution in [3.8, 4) is 22.7 Å². The van der Waals surface area contributed by atoms with E-state index in [-0.39, 0.29) is 11.6 Å². The molecule has 8 heteroatoms. The van der Waals surface area contributed by atoms with E-state index in [0.29, 0.717) is 27.2 Å². The van der Waals surface area contributed by atoms with Gasteiger partial charge in [0.2, 0.25) is 0 Å². The molecule has 0 saturated carbocycles. The summed E-state index contributed by atoms with van der Waals surface area (Å²) in [4.78, 5) is 12.8. The van der Waals surface area contributed by atoms with E-state index < -0.39 is 0 Å². The summed E-state index contributed by atoms with van der Waals surface area (Å²) < 4.78 is 7.20. The Morgan fingerprint density at radius 2 is 1.81 bits per heavy atom. The molecular formula is C19H18Cl2N4O2. The van der Waals surface area contributed by atoms with Crippen LogP contribution in [0.5, 0.6) is 5.75 Å². The van der Waals surface area contributed by atoms with Crippen LogP contribution in [-0.4, -0.2) is 41.9 Å². The molecule has 0 unspecified atom stereocenters. The average Bonchev–Trinajstić information content (AvgIpc) is 3.07. The lowest BCUT2D eigenvalue weighted by Crippen LogP contribution is -2.37. The van der Waals surface area contributed by atoms with E-state index in [4.69, 9.17) is 27.9 Å². The van der Waals surface area contributed by atoms with Crippen molar-refractivity contribution in [2.45, 2.75) is 0 Å². The Kier molecular flexibility index (Phi) is 5.70. The van der Waals surface area contributed by atoms with Crippen LogP contribution in [0.1, 0.15) is 10.5 Å². The SMILES string of the molecule is CNN(C)C(=O)c1nn(-c2ccccc2Cl)c(-c2ccc(Cl)cc2)c1OC. The third kappa shape index (κ3) is 3.64. The van der Waals surface area contributed by atoms with E-state index in [2.05, 4.69) is 10.5 Å². The number of hydrazine groups is 1. The number of amides is 1. The fourth-order valence-corrected chi connectivity index (χ4v) is 3.00. The number of rotatable bonds is 5. The van der Waals surface area contributed by atoms with Crippen molar-refractivity contribution in [2.24, 2.45) is 0 Å². The van der Waals surface area contributed by atoms with Crippen LogP contribution in [0.4, 0.5) is 0 Å². The molecule has 27 heavy (non-hydrogen) atoms. The summed E-state index contributed by atoms with van der Waals surface area (Å²) in [5.41, 5.74) is 4.97. The molecule has 6 nitrogen and oxygen atoms in total. The number of para-hydroxylation sites is 1. The first kappa shape index (κ1) is 19.2.